The van der Waals surface area contributed by atoms with Crippen LogP contribution in [0.15, 0.2) is 71.9 Å². The van der Waals surface area contributed by atoms with E-state index in [9.17, 15) is 18.0 Å². The lowest BCUT2D eigenvalue weighted by Gasteiger charge is -2.54. The van der Waals surface area contributed by atoms with E-state index in [-0.39, 0.29) is 23.5 Å². The van der Waals surface area contributed by atoms with Crippen LogP contribution in [-0.2, 0) is 20.4 Å². The molecule has 13 heteroatoms. The van der Waals surface area contributed by atoms with Gasteiger partial charge in [0.05, 0.1) is 47.9 Å². The Bertz CT molecular complexity index is 1550. The van der Waals surface area contributed by atoms with Crippen molar-refractivity contribution in [2.24, 2.45) is 4.99 Å². The van der Waals surface area contributed by atoms with Crippen LogP contribution in [0.25, 0.3) is 0 Å². The number of rotatable bonds is 4. The number of anilines is 2. The van der Waals surface area contributed by atoms with Gasteiger partial charge in [-0.2, -0.15) is 13.2 Å². The van der Waals surface area contributed by atoms with E-state index in [1.165, 1.54) is 0 Å². The molecule has 3 unspecified atom stereocenters. The van der Waals surface area contributed by atoms with Crippen molar-refractivity contribution >= 4 is 34.9 Å². The number of hydrogen-bond acceptors (Lipinski definition) is 8. The summed E-state index contributed by atoms with van der Waals surface area (Å²) in [5.41, 5.74) is 1.41. The maximum atomic E-state index is 13.5. The van der Waals surface area contributed by atoms with Crippen molar-refractivity contribution in [3.8, 4) is 0 Å². The molecule has 6 rings (SSSR count). The molecule has 210 valence electrons. The van der Waals surface area contributed by atoms with Crippen LogP contribution in [-0.4, -0.2) is 60.0 Å². The number of nitrogens with zero attached hydrogens (tertiary/aromatic N) is 3. The molecule has 0 aliphatic carbocycles. The molecule has 2 saturated heterocycles. The number of fused-ring (bicyclic) bond motifs is 3. The van der Waals surface area contributed by atoms with Crippen molar-refractivity contribution in [2.45, 2.75) is 30.8 Å². The second-order valence-electron chi connectivity index (χ2n) is 9.76. The normalized spacial score (nSPS) is 21.4. The van der Waals surface area contributed by atoms with Gasteiger partial charge in [0.1, 0.15) is 5.69 Å². The van der Waals surface area contributed by atoms with E-state index >= 15 is 0 Å². The molecule has 3 atom stereocenters. The van der Waals surface area contributed by atoms with Crippen molar-refractivity contribution in [1.82, 2.24) is 10.3 Å². The van der Waals surface area contributed by atoms with Crippen molar-refractivity contribution in [3.63, 3.8) is 0 Å². The number of carbonyl (C=O) groups is 1. The van der Waals surface area contributed by atoms with Crippen LogP contribution in [0.4, 0.5) is 24.5 Å². The Kier molecular flexibility index (Phi) is 6.66. The number of hydrogen-bond donors (Lipinski definition) is 4. The fourth-order valence-electron chi connectivity index (χ4n) is 5.20. The molecule has 10 nitrogen and oxygen atoms in total. The highest BCUT2D eigenvalue weighted by Gasteiger charge is 2.45. The quantitative estimate of drug-likeness (QED) is 0.282. The number of ether oxygens (including phenoxy) is 2. The number of halogens is 3. The average Bonchev–Trinajstić information content (AvgIpc) is 3.09. The maximum absolute atomic E-state index is 13.5. The van der Waals surface area contributed by atoms with Gasteiger partial charge in [-0.15, -0.1) is 0 Å². The van der Waals surface area contributed by atoms with Crippen molar-refractivity contribution in [2.75, 3.05) is 23.4 Å². The molecule has 1 aromatic heterocycles. The molecule has 3 aromatic rings. The molecule has 0 radical (unpaired) electrons. The van der Waals surface area contributed by atoms with Gasteiger partial charge in [-0.05, 0) is 18.6 Å². The largest absolute Gasteiger partial charge is 0.417 e. The molecule has 41 heavy (non-hydrogen) atoms. The minimum atomic E-state index is -4.63. The lowest BCUT2D eigenvalue weighted by molar-refractivity contribution is -0.137. The molecule has 3 aliphatic heterocycles. The summed E-state index contributed by atoms with van der Waals surface area (Å²) < 4.78 is 51.3. The first-order valence-electron chi connectivity index (χ1n) is 12.8. The molecule has 2 bridgehead atoms. The molecule has 1 amide bonds. The summed E-state index contributed by atoms with van der Waals surface area (Å²) in [6, 6.07) is 16.3. The van der Waals surface area contributed by atoms with Crippen LogP contribution in [0.5, 0.6) is 0 Å². The van der Waals surface area contributed by atoms with E-state index in [0.29, 0.717) is 36.4 Å². The first-order chi connectivity index (χ1) is 19.7. The van der Waals surface area contributed by atoms with Gasteiger partial charge in [0.25, 0.3) is 11.9 Å². The monoisotopic (exact) mass is 563 g/mol. The summed E-state index contributed by atoms with van der Waals surface area (Å²) in [5, 5.41) is 22.2. The molecule has 2 aromatic carbocycles. The summed E-state index contributed by atoms with van der Waals surface area (Å²) in [6.45, 7) is 0.692. The number of nitrogens with one attached hydrogen (secondary N) is 4. The smallest absolute Gasteiger partial charge is 0.405 e. The lowest BCUT2D eigenvalue weighted by Crippen LogP contribution is -2.64. The second kappa shape index (κ2) is 10.3. The molecular weight excluding hydrogens is 539 g/mol. The van der Waals surface area contributed by atoms with Gasteiger partial charge in [-0.25, -0.2) is 9.98 Å². The highest BCUT2D eigenvalue weighted by Crippen LogP contribution is 2.40. The van der Waals surface area contributed by atoms with Crippen molar-refractivity contribution in [3.05, 3.63) is 89.2 Å². The number of aliphatic imine (C=N–C) groups is 1. The highest BCUT2D eigenvalue weighted by molar-refractivity contribution is 6.19. The van der Waals surface area contributed by atoms with Gasteiger partial charge in [0, 0.05) is 17.3 Å². The maximum Gasteiger partial charge on any atom is 0.417 e. The molecule has 0 saturated carbocycles. The van der Waals surface area contributed by atoms with E-state index in [2.05, 4.69) is 20.6 Å². The number of amidine groups is 1. The molecule has 0 spiro atoms. The topological polar surface area (TPSA) is 136 Å². The van der Waals surface area contributed by atoms with Crippen LogP contribution in [0.1, 0.15) is 28.8 Å². The number of alkyl halides is 3. The number of morpholine rings is 1. The highest BCUT2D eigenvalue weighted by atomic mass is 19.4. The van der Waals surface area contributed by atoms with Gasteiger partial charge in [-0.1, -0.05) is 48.5 Å². The number of aromatic nitrogens is 1. The van der Waals surface area contributed by atoms with Crippen LogP contribution in [0.3, 0.4) is 0 Å². The molecule has 3 aliphatic rings. The summed E-state index contributed by atoms with van der Waals surface area (Å²) in [6.07, 6.45) is -4.55. The zero-order valence-corrected chi connectivity index (χ0v) is 21.4. The molecule has 2 fully saturated rings. The van der Waals surface area contributed by atoms with Crippen LogP contribution in [0.2, 0.25) is 0 Å². The number of amides is 1. The number of benzodiazepines with no additional fused rings is 1. The van der Waals surface area contributed by atoms with Gasteiger partial charge < -0.3 is 25.0 Å². The number of benzene rings is 2. The third-order valence-electron chi connectivity index (χ3n) is 7.11. The van der Waals surface area contributed by atoms with Crippen LogP contribution < -0.4 is 15.5 Å². The van der Waals surface area contributed by atoms with E-state index < -0.39 is 35.7 Å². The van der Waals surface area contributed by atoms with Gasteiger partial charge in [0.15, 0.2) is 0 Å². The molecule has 4 N–H and O–H groups in total. The lowest BCUT2D eigenvalue weighted by atomic mass is 9.90. The summed E-state index contributed by atoms with van der Waals surface area (Å²) in [5.74, 6) is -1.22. The average molecular weight is 564 g/mol. The summed E-state index contributed by atoms with van der Waals surface area (Å²) in [7, 11) is 0. The Morgan fingerprint density at radius 3 is 2.49 bits per heavy atom. The summed E-state index contributed by atoms with van der Waals surface area (Å²) >= 11 is 0. The van der Waals surface area contributed by atoms with Gasteiger partial charge in [-0.3, -0.25) is 15.6 Å². The van der Waals surface area contributed by atoms with Crippen molar-refractivity contribution in [1.29, 1.82) is 10.8 Å². The van der Waals surface area contributed by atoms with Crippen molar-refractivity contribution < 1.29 is 27.4 Å². The Morgan fingerprint density at radius 1 is 1.07 bits per heavy atom. The first-order valence-corrected chi connectivity index (χ1v) is 12.8. The van der Waals surface area contributed by atoms with E-state index in [1.807, 2.05) is 42.5 Å². The van der Waals surface area contributed by atoms with E-state index in [4.69, 9.17) is 20.3 Å². The van der Waals surface area contributed by atoms with Gasteiger partial charge >= 0.3 is 6.18 Å². The second-order valence-corrected chi connectivity index (χ2v) is 9.76. The zero-order chi connectivity index (χ0) is 28.7. The van der Waals surface area contributed by atoms with Crippen LogP contribution in [0, 0.1) is 10.8 Å². The van der Waals surface area contributed by atoms with Crippen LogP contribution >= 0.6 is 0 Å². The fraction of sp³-hybridized carbons (Fsp3) is 0.250. The SMILES string of the molecule is N=C(NC1N=C(c2ccccc2)c2ccccc2NC1=O)OC(=N)c1ncc(C(F)(F)F)cc1N1C2COCC1C2. The third kappa shape index (κ3) is 5.11. The zero-order valence-electron chi connectivity index (χ0n) is 21.4. The fourth-order valence-corrected chi connectivity index (χ4v) is 5.20. The van der Waals surface area contributed by atoms with Gasteiger partial charge in [0.2, 0.25) is 12.1 Å². The number of para-hydroxylation sites is 1. The number of carbonyl (C=O) groups excluding carboxylic acids is 1. The first kappa shape index (κ1) is 26.4. The Labute approximate surface area is 232 Å². The third-order valence-corrected chi connectivity index (χ3v) is 7.11. The number of pyridine rings is 1. The Morgan fingerprint density at radius 2 is 1.78 bits per heavy atom. The summed E-state index contributed by atoms with van der Waals surface area (Å²) in [4.78, 5) is 23.3. The molecule has 4 heterocycles. The standard InChI is InChI=1S/C28H24F3N7O3/c29-28(30,31)16-10-21(38-17-11-18(38)14-40-13-17)23(34-12-16)24(32)41-27(33)37-25-26(39)35-20-9-5-4-8-19(20)22(36-25)15-6-2-1-3-7-15/h1-10,12,17-18,25,32H,11,13-14H2,(H2,33,37)(H,35,39). The van der Waals surface area contributed by atoms with E-state index in [1.54, 1.807) is 17.0 Å². The predicted octanol–water partition coefficient (Wildman–Crippen LogP) is 3.76. The minimum Gasteiger partial charge on any atom is -0.405 e. The molecular formula is C28H24F3N7O3. The predicted molar refractivity (Wildman–Crippen MR) is 144 cm³/mol. The minimum absolute atomic E-state index is 0.0780. The Hall–Kier alpha value is -4.78. The van der Waals surface area contributed by atoms with E-state index in [0.717, 1.165) is 18.1 Å². The Balaban J connectivity index is 1.26.